The Morgan fingerprint density at radius 1 is 1.12 bits per heavy atom. The first-order valence-corrected chi connectivity index (χ1v) is 6.26. The van der Waals surface area contributed by atoms with Crippen LogP contribution in [-0.4, -0.2) is 12.5 Å². The van der Waals surface area contributed by atoms with Crippen molar-refractivity contribution in [2.75, 3.05) is 6.54 Å². The highest BCUT2D eigenvalue weighted by Crippen LogP contribution is 1.96. The fourth-order valence-corrected chi connectivity index (χ4v) is 1.15. The molecule has 92 valence electrons. The molecule has 0 saturated heterocycles. The molecule has 0 aromatic rings. The third-order valence-electron chi connectivity index (χ3n) is 2.08. The number of unbranched alkanes of at least 4 members (excludes halogenated alkanes) is 2. The van der Waals surface area contributed by atoms with Crippen LogP contribution in [0, 0.1) is 5.92 Å². The Kier molecular flexibility index (Phi) is 9.78. The van der Waals surface area contributed by atoms with Crippen molar-refractivity contribution in [2.45, 2.75) is 46.5 Å². The molecular weight excluding hydrogens is 198 g/mol. The van der Waals surface area contributed by atoms with Crippen molar-refractivity contribution < 1.29 is 4.79 Å². The molecule has 0 aliphatic heterocycles. The van der Waals surface area contributed by atoms with E-state index in [9.17, 15) is 4.79 Å². The van der Waals surface area contributed by atoms with E-state index in [1.165, 1.54) is 6.42 Å². The lowest BCUT2D eigenvalue weighted by Gasteiger charge is -2.03. The summed E-state index contributed by atoms with van der Waals surface area (Å²) in [6.45, 7) is 7.09. The highest BCUT2D eigenvalue weighted by Gasteiger charge is 1.96. The molecule has 0 aliphatic carbocycles. The van der Waals surface area contributed by atoms with Crippen LogP contribution in [0.5, 0.6) is 0 Å². The zero-order valence-electron chi connectivity index (χ0n) is 10.8. The van der Waals surface area contributed by atoms with E-state index in [2.05, 4.69) is 38.2 Å². The van der Waals surface area contributed by atoms with E-state index in [1.807, 2.05) is 6.08 Å². The van der Waals surface area contributed by atoms with Crippen molar-refractivity contribution in [3.8, 4) is 0 Å². The highest BCUT2D eigenvalue weighted by molar-refractivity contribution is 5.87. The molecule has 16 heavy (non-hydrogen) atoms. The summed E-state index contributed by atoms with van der Waals surface area (Å²) in [6, 6.07) is 0. The molecule has 0 aromatic heterocycles. The average molecular weight is 223 g/mol. The number of hydrogen-bond donors (Lipinski definition) is 1. The molecule has 1 N–H and O–H groups in total. The molecule has 0 radical (unpaired) electrons. The molecule has 2 heteroatoms. The summed E-state index contributed by atoms with van der Waals surface area (Å²) in [4.78, 5) is 11.3. The topological polar surface area (TPSA) is 29.1 Å². The molecule has 0 bridgehead atoms. The first-order chi connectivity index (χ1) is 7.66. The smallest absolute Gasteiger partial charge is 0.243 e. The molecule has 1 amide bonds. The van der Waals surface area contributed by atoms with Crippen LogP contribution < -0.4 is 5.32 Å². The van der Waals surface area contributed by atoms with E-state index >= 15 is 0 Å². The first kappa shape index (κ1) is 14.9. The Hall–Kier alpha value is -1.05. The predicted molar refractivity (Wildman–Crippen MR) is 70.3 cm³/mol. The van der Waals surface area contributed by atoms with Gasteiger partial charge in [0.05, 0.1) is 0 Å². The van der Waals surface area contributed by atoms with Crippen molar-refractivity contribution in [1.29, 1.82) is 0 Å². The molecule has 0 unspecified atom stereocenters. The fourth-order valence-electron chi connectivity index (χ4n) is 1.15. The maximum Gasteiger partial charge on any atom is 0.243 e. The summed E-state index contributed by atoms with van der Waals surface area (Å²) in [5.74, 6) is 0.528. The molecule has 0 fully saturated rings. The number of allylic oxidation sites excluding steroid dienone is 3. The normalized spacial score (nSPS) is 11.8. The third kappa shape index (κ3) is 11.0. The summed E-state index contributed by atoms with van der Waals surface area (Å²) in [5, 5.41) is 2.85. The van der Waals surface area contributed by atoms with Gasteiger partial charge < -0.3 is 5.32 Å². The van der Waals surface area contributed by atoms with E-state index in [1.54, 1.807) is 6.08 Å². The summed E-state index contributed by atoms with van der Waals surface area (Å²) in [6.07, 6.45) is 12.3. The average Bonchev–Trinajstić information content (AvgIpc) is 2.25. The lowest BCUT2D eigenvalue weighted by Crippen LogP contribution is -2.25. The number of nitrogens with one attached hydrogen (secondary N) is 1. The number of carbonyl (C=O) groups is 1. The number of carbonyl (C=O) groups excluding carboxylic acids is 1. The Balaban J connectivity index is 3.48. The van der Waals surface area contributed by atoms with E-state index in [0.29, 0.717) is 5.92 Å². The molecule has 0 aliphatic rings. The zero-order valence-corrected chi connectivity index (χ0v) is 10.8. The monoisotopic (exact) mass is 223 g/mol. The van der Waals surface area contributed by atoms with Crippen LogP contribution in [0.4, 0.5) is 0 Å². The van der Waals surface area contributed by atoms with Gasteiger partial charge in [-0.2, -0.15) is 0 Å². The van der Waals surface area contributed by atoms with Crippen LogP contribution >= 0.6 is 0 Å². The van der Waals surface area contributed by atoms with E-state index in [4.69, 9.17) is 0 Å². The highest BCUT2D eigenvalue weighted by atomic mass is 16.1. The standard InChI is InChI=1S/C14H25NO/c1-4-5-6-7-8-9-10-11-14(16)15-12-13(2)3/h6-7,10-11,13H,4-5,8-9,12H2,1-3H3,(H,15,16). The van der Waals surface area contributed by atoms with Gasteiger partial charge in [-0.05, 0) is 31.3 Å². The van der Waals surface area contributed by atoms with Crippen molar-refractivity contribution in [3.63, 3.8) is 0 Å². The van der Waals surface area contributed by atoms with Gasteiger partial charge in [-0.1, -0.05) is 45.4 Å². The van der Waals surface area contributed by atoms with Crippen molar-refractivity contribution >= 4 is 5.91 Å². The predicted octanol–water partition coefficient (Wildman–Crippen LogP) is 3.45. The molecule has 0 aromatic carbocycles. The molecule has 0 spiro atoms. The second-order valence-electron chi connectivity index (χ2n) is 4.38. The van der Waals surface area contributed by atoms with Crippen molar-refractivity contribution in [3.05, 3.63) is 24.3 Å². The Labute approximate surface area is 99.8 Å². The molecule has 0 heterocycles. The van der Waals surface area contributed by atoms with Crippen LogP contribution in [0.25, 0.3) is 0 Å². The molecular formula is C14H25NO. The fraction of sp³-hybridized carbons (Fsp3) is 0.643. The Bertz CT molecular complexity index is 229. The SMILES string of the molecule is CCCC=CCCC=CC(=O)NCC(C)C. The van der Waals surface area contributed by atoms with Gasteiger partial charge in [0.1, 0.15) is 0 Å². The summed E-state index contributed by atoms with van der Waals surface area (Å²) in [7, 11) is 0. The van der Waals surface area contributed by atoms with Gasteiger partial charge in [0.15, 0.2) is 0 Å². The lowest BCUT2D eigenvalue weighted by atomic mass is 10.2. The van der Waals surface area contributed by atoms with E-state index < -0.39 is 0 Å². The maximum absolute atomic E-state index is 11.3. The first-order valence-electron chi connectivity index (χ1n) is 6.26. The third-order valence-corrected chi connectivity index (χ3v) is 2.08. The summed E-state index contributed by atoms with van der Waals surface area (Å²) in [5.41, 5.74) is 0. The van der Waals surface area contributed by atoms with Gasteiger partial charge in [-0.3, -0.25) is 4.79 Å². The lowest BCUT2D eigenvalue weighted by molar-refractivity contribution is -0.116. The second kappa shape index (κ2) is 10.5. The van der Waals surface area contributed by atoms with Crippen LogP contribution in [-0.2, 0) is 4.79 Å². The van der Waals surface area contributed by atoms with Gasteiger partial charge in [-0.15, -0.1) is 0 Å². The van der Waals surface area contributed by atoms with Gasteiger partial charge in [0.2, 0.25) is 5.91 Å². The van der Waals surface area contributed by atoms with Crippen LogP contribution in [0.2, 0.25) is 0 Å². The Morgan fingerprint density at radius 2 is 1.75 bits per heavy atom. The van der Waals surface area contributed by atoms with Crippen LogP contribution in [0.1, 0.15) is 46.5 Å². The molecule has 0 atom stereocenters. The summed E-state index contributed by atoms with van der Waals surface area (Å²) >= 11 is 0. The van der Waals surface area contributed by atoms with Crippen molar-refractivity contribution in [2.24, 2.45) is 5.92 Å². The minimum atomic E-state index is 0.0197. The molecule has 2 nitrogen and oxygen atoms in total. The minimum absolute atomic E-state index is 0.0197. The zero-order chi connectivity index (χ0) is 12.2. The molecule has 0 rings (SSSR count). The second-order valence-corrected chi connectivity index (χ2v) is 4.38. The molecule has 0 saturated carbocycles. The van der Waals surface area contributed by atoms with Gasteiger partial charge in [-0.25, -0.2) is 0 Å². The minimum Gasteiger partial charge on any atom is -0.352 e. The van der Waals surface area contributed by atoms with Crippen LogP contribution in [0.15, 0.2) is 24.3 Å². The number of hydrogen-bond acceptors (Lipinski definition) is 1. The van der Waals surface area contributed by atoms with E-state index in [0.717, 1.165) is 25.8 Å². The van der Waals surface area contributed by atoms with E-state index in [-0.39, 0.29) is 5.91 Å². The van der Waals surface area contributed by atoms with Gasteiger partial charge in [0, 0.05) is 6.54 Å². The summed E-state index contributed by atoms with van der Waals surface area (Å²) < 4.78 is 0. The maximum atomic E-state index is 11.3. The number of rotatable bonds is 8. The van der Waals surface area contributed by atoms with Crippen molar-refractivity contribution in [1.82, 2.24) is 5.32 Å². The Morgan fingerprint density at radius 3 is 2.38 bits per heavy atom. The van der Waals surface area contributed by atoms with Crippen LogP contribution in [0.3, 0.4) is 0 Å². The van der Waals surface area contributed by atoms with Gasteiger partial charge >= 0.3 is 0 Å². The van der Waals surface area contributed by atoms with Gasteiger partial charge in [0.25, 0.3) is 0 Å². The largest absolute Gasteiger partial charge is 0.352 e. The number of amides is 1. The quantitative estimate of drug-likeness (QED) is 0.381.